The summed E-state index contributed by atoms with van der Waals surface area (Å²) in [6, 6.07) is 3.95. The number of aryl methyl sites for hydroxylation is 1. The number of carbonyl (C=O) groups is 1. The highest BCUT2D eigenvalue weighted by molar-refractivity contribution is 5.95. The summed E-state index contributed by atoms with van der Waals surface area (Å²) in [4.78, 5) is 22.2. The second-order valence-corrected chi connectivity index (χ2v) is 4.66. The van der Waals surface area contributed by atoms with Gasteiger partial charge >= 0.3 is 0 Å². The number of anilines is 1. The lowest BCUT2D eigenvalue weighted by atomic mass is 9.99. The summed E-state index contributed by atoms with van der Waals surface area (Å²) >= 11 is 0. The van der Waals surface area contributed by atoms with Gasteiger partial charge in [-0.05, 0) is 18.9 Å². The summed E-state index contributed by atoms with van der Waals surface area (Å²) in [7, 11) is 0. The van der Waals surface area contributed by atoms with E-state index in [1.54, 1.807) is 19.1 Å². The number of nitrogens with one attached hydrogen (secondary N) is 1. The minimum absolute atomic E-state index is 0.0186. The van der Waals surface area contributed by atoms with Gasteiger partial charge in [0.2, 0.25) is 5.91 Å². The predicted molar refractivity (Wildman–Crippen MR) is 73.9 cm³/mol. The lowest BCUT2D eigenvalue weighted by molar-refractivity contribution is -0.385. The Morgan fingerprint density at radius 2 is 2.16 bits per heavy atom. The van der Waals surface area contributed by atoms with E-state index in [0.717, 1.165) is 6.42 Å². The van der Waals surface area contributed by atoms with Crippen LogP contribution in [0.4, 0.5) is 11.4 Å². The molecular weight excluding hydrogens is 246 g/mol. The molecule has 0 saturated heterocycles. The molecule has 0 bridgehead atoms. The molecule has 0 saturated carbocycles. The van der Waals surface area contributed by atoms with E-state index >= 15 is 0 Å². The van der Waals surface area contributed by atoms with Crippen LogP contribution < -0.4 is 11.1 Å². The largest absolute Gasteiger partial charge is 0.324 e. The summed E-state index contributed by atoms with van der Waals surface area (Å²) < 4.78 is 0. The fourth-order valence-corrected chi connectivity index (χ4v) is 1.62. The van der Waals surface area contributed by atoms with Gasteiger partial charge in [-0.1, -0.05) is 26.3 Å². The third kappa shape index (κ3) is 3.75. The van der Waals surface area contributed by atoms with Crippen molar-refractivity contribution in [2.24, 2.45) is 11.7 Å². The van der Waals surface area contributed by atoms with Gasteiger partial charge in [-0.2, -0.15) is 0 Å². The van der Waals surface area contributed by atoms with Gasteiger partial charge < -0.3 is 11.1 Å². The number of nitrogens with two attached hydrogens (primary N) is 1. The molecule has 6 heteroatoms. The first-order chi connectivity index (χ1) is 8.86. The number of nitro groups is 1. The Bertz CT molecular complexity index is 488. The van der Waals surface area contributed by atoms with E-state index in [1.165, 1.54) is 6.07 Å². The predicted octanol–water partition coefficient (Wildman–Crippen LogP) is 2.22. The fraction of sp³-hybridized carbons (Fsp3) is 0.462. The highest BCUT2D eigenvalue weighted by atomic mass is 16.6. The zero-order chi connectivity index (χ0) is 14.6. The van der Waals surface area contributed by atoms with E-state index in [0.29, 0.717) is 11.3 Å². The first-order valence-corrected chi connectivity index (χ1v) is 6.18. The molecule has 1 unspecified atom stereocenters. The van der Waals surface area contributed by atoms with Crippen molar-refractivity contribution in [3.8, 4) is 0 Å². The van der Waals surface area contributed by atoms with Crippen molar-refractivity contribution in [3.63, 3.8) is 0 Å². The summed E-state index contributed by atoms with van der Waals surface area (Å²) in [6.07, 6.45) is 0.794. The quantitative estimate of drug-likeness (QED) is 0.630. The second-order valence-electron chi connectivity index (χ2n) is 4.66. The standard InChI is InChI=1S/C13H19N3O3/c1-4-8(2)12(14)13(17)15-10-6-5-9(3)11(7-10)16(18)19/h5-8,12H,4,14H2,1-3H3,(H,15,17)/t8?,12-/m0/s1. The van der Waals surface area contributed by atoms with Crippen LogP contribution in [0.2, 0.25) is 0 Å². The Morgan fingerprint density at radius 3 is 2.68 bits per heavy atom. The molecule has 0 spiro atoms. The van der Waals surface area contributed by atoms with Crippen LogP contribution in [0, 0.1) is 23.0 Å². The first-order valence-electron chi connectivity index (χ1n) is 6.18. The van der Waals surface area contributed by atoms with E-state index in [1.807, 2.05) is 13.8 Å². The Kier molecular flexibility index (Phi) is 5.00. The average Bonchev–Trinajstić information content (AvgIpc) is 2.38. The maximum atomic E-state index is 11.9. The molecule has 3 N–H and O–H groups in total. The monoisotopic (exact) mass is 265 g/mol. The molecule has 0 aromatic heterocycles. The van der Waals surface area contributed by atoms with Gasteiger partial charge in [-0.25, -0.2) is 0 Å². The Morgan fingerprint density at radius 1 is 1.53 bits per heavy atom. The molecule has 0 aliphatic rings. The third-order valence-electron chi connectivity index (χ3n) is 3.23. The van der Waals surface area contributed by atoms with Crippen LogP contribution in [0.15, 0.2) is 18.2 Å². The average molecular weight is 265 g/mol. The number of amides is 1. The van der Waals surface area contributed by atoms with Gasteiger partial charge in [-0.15, -0.1) is 0 Å². The van der Waals surface area contributed by atoms with Crippen LogP contribution in [0.1, 0.15) is 25.8 Å². The van der Waals surface area contributed by atoms with E-state index in [2.05, 4.69) is 5.32 Å². The molecule has 0 aliphatic carbocycles. The van der Waals surface area contributed by atoms with Crippen molar-refractivity contribution < 1.29 is 9.72 Å². The number of nitrogens with zero attached hydrogens (tertiary/aromatic N) is 1. The molecule has 1 rings (SSSR count). The molecule has 104 valence electrons. The number of nitro benzene ring substituents is 1. The molecule has 0 heterocycles. The maximum Gasteiger partial charge on any atom is 0.274 e. The summed E-state index contributed by atoms with van der Waals surface area (Å²) in [6.45, 7) is 5.49. The number of rotatable bonds is 5. The topological polar surface area (TPSA) is 98.3 Å². The number of benzene rings is 1. The molecular formula is C13H19N3O3. The molecule has 1 aromatic carbocycles. The third-order valence-corrected chi connectivity index (χ3v) is 3.23. The second kappa shape index (κ2) is 6.29. The van der Waals surface area contributed by atoms with Crippen LogP contribution in [0.5, 0.6) is 0 Å². The van der Waals surface area contributed by atoms with Gasteiger partial charge in [0.05, 0.1) is 11.0 Å². The molecule has 19 heavy (non-hydrogen) atoms. The van der Waals surface area contributed by atoms with Crippen molar-refractivity contribution in [2.45, 2.75) is 33.2 Å². The summed E-state index contributed by atoms with van der Waals surface area (Å²) in [5.41, 5.74) is 6.72. The van der Waals surface area contributed by atoms with E-state index in [-0.39, 0.29) is 17.5 Å². The Hall–Kier alpha value is -1.95. The first kappa shape index (κ1) is 15.1. The number of hydrogen-bond donors (Lipinski definition) is 2. The van der Waals surface area contributed by atoms with Gasteiger partial charge in [0.25, 0.3) is 5.69 Å². The molecule has 2 atom stereocenters. The Labute approximate surface area is 112 Å². The smallest absolute Gasteiger partial charge is 0.274 e. The van der Waals surface area contributed by atoms with Crippen LogP contribution in [0.25, 0.3) is 0 Å². The lowest BCUT2D eigenvalue weighted by Gasteiger charge is -2.17. The zero-order valence-corrected chi connectivity index (χ0v) is 11.3. The van der Waals surface area contributed by atoms with Gasteiger partial charge in [0.15, 0.2) is 0 Å². The van der Waals surface area contributed by atoms with E-state index < -0.39 is 11.0 Å². The van der Waals surface area contributed by atoms with Crippen LogP contribution >= 0.6 is 0 Å². The van der Waals surface area contributed by atoms with E-state index in [9.17, 15) is 14.9 Å². The van der Waals surface area contributed by atoms with Crippen molar-refractivity contribution in [2.75, 3.05) is 5.32 Å². The minimum atomic E-state index is -0.620. The molecule has 6 nitrogen and oxygen atoms in total. The highest BCUT2D eigenvalue weighted by Crippen LogP contribution is 2.22. The fourth-order valence-electron chi connectivity index (χ4n) is 1.62. The van der Waals surface area contributed by atoms with Gasteiger partial charge in [-0.3, -0.25) is 14.9 Å². The van der Waals surface area contributed by atoms with Crippen molar-refractivity contribution >= 4 is 17.3 Å². The maximum absolute atomic E-state index is 11.9. The SMILES string of the molecule is CCC(C)[C@H](N)C(=O)Nc1ccc(C)c([N+](=O)[O-])c1. The summed E-state index contributed by atoms with van der Waals surface area (Å²) in [5.74, 6) is -0.270. The van der Waals surface area contributed by atoms with Crippen LogP contribution in [-0.4, -0.2) is 16.9 Å². The Balaban J connectivity index is 2.86. The van der Waals surface area contributed by atoms with Crippen LogP contribution in [0.3, 0.4) is 0 Å². The number of hydrogen-bond acceptors (Lipinski definition) is 4. The molecule has 0 fully saturated rings. The summed E-state index contributed by atoms with van der Waals surface area (Å²) in [5, 5.41) is 13.4. The molecule has 1 amide bonds. The molecule has 0 radical (unpaired) electrons. The molecule has 0 aliphatic heterocycles. The van der Waals surface area contributed by atoms with Gasteiger partial charge in [0.1, 0.15) is 0 Å². The minimum Gasteiger partial charge on any atom is -0.324 e. The lowest BCUT2D eigenvalue weighted by Crippen LogP contribution is -2.40. The van der Waals surface area contributed by atoms with Crippen molar-refractivity contribution in [1.82, 2.24) is 0 Å². The van der Waals surface area contributed by atoms with Crippen LogP contribution in [-0.2, 0) is 4.79 Å². The zero-order valence-electron chi connectivity index (χ0n) is 11.3. The highest BCUT2D eigenvalue weighted by Gasteiger charge is 2.20. The van der Waals surface area contributed by atoms with E-state index in [4.69, 9.17) is 5.73 Å². The van der Waals surface area contributed by atoms with Crippen molar-refractivity contribution in [3.05, 3.63) is 33.9 Å². The molecule has 1 aromatic rings. The van der Waals surface area contributed by atoms with Crippen molar-refractivity contribution in [1.29, 1.82) is 0 Å². The number of carbonyl (C=O) groups excluding carboxylic acids is 1. The van der Waals surface area contributed by atoms with Gasteiger partial charge in [0, 0.05) is 17.3 Å². The normalized spacial score (nSPS) is 13.7.